The van der Waals surface area contributed by atoms with Crippen molar-refractivity contribution in [2.45, 2.75) is 51.6 Å². The molecule has 2 atom stereocenters. The summed E-state index contributed by atoms with van der Waals surface area (Å²) in [5.41, 5.74) is 0. The largest absolute Gasteiger partial charge is 0.310 e. The molecule has 2 heteroatoms. The highest BCUT2D eigenvalue weighted by atomic mass is 14.9. The molecule has 2 nitrogen and oxygen atoms in total. The lowest BCUT2D eigenvalue weighted by molar-refractivity contribution is 0.296. The van der Waals surface area contributed by atoms with Crippen LogP contribution in [0.5, 0.6) is 0 Å². The first-order chi connectivity index (χ1) is 5.74. The SMILES string of the molecule is CC(C)NC1CCCCC1C#N. The number of nitriles is 1. The van der Waals surface area contributed by atoms with E-state index in [9.17, 15) is 0 Å². The third kappa shape index (κ3) is 2.49. The van der Waals surface area contributed by atoms with Crippen molar-refractivity contribution in [1.82, 2.24) is 5.32 Å². The molecule has 0 bridgehead atoms. The molecule has 0 aromatic rings. The van der Waals surface area contributed by atoms with Crippen LogP contribution in [0.25, 0.3) is 0 Å². The van der Waals surface area contributed by atoms with Crippen LogP contribution in [-0.2, 0) is 0 Å². The molecule has 0 heterocycles. The van der Waals surface area contributed by atoms with E-state index in [4.69, 9.17) is 5.26 Å². The van der Waals surface area contributed by atoms with Crippen molar-refractivity contribution >= 4 is 0 Å². The molecule has 1 aliphatic rings. The zero-order valence-electron chi connectivity index (χ0n) is 8.01. The van der Waals surface area contributed by atoms with Crippen LogP contribution in [0.4, 0.5) is 0 Å². The quantitative estimate of drug-likeness (QED) is 0.681. The van der Waals surface area contributed by atoms with Crippen molar-refractivity contribution in [3.8, 4) is 6.07 Å². The van der Waals surface area contributed by atoms with Crippen molar-refractivity contribution in [3.63, 3.8) is 0 Å². The van der Waals surface area contributed by atoms with Gasteiger partial charge in [0.2, 0.25) is 0 Å². The lowest BCUT2D eigenvalue weighted by atomic mass is 9.85. The van der Waals surface area contributed by atoms with Crippen LogP contribution >= 0.6 is 0 Å². The Hall–Kier alpha value is -0.550. The van der Waals surface area contributed by atoms with E-state index in [1.54, 1.807) is 0 Å². The van der Waals surface area contributed by atoms with E-state index in [0.717, 1.165) is 6.42 Å². The van der Waals surface area contributed by atoms with Gasteiger partial charge in [-0.2, -0.15) is 5.26 Å². The first-order valence-electron chi connectivity index (χ1n) is 4.89. The Balaban J connectivity index is 2.43. The fraction of sp³-hybridized carbons (Fsp3) is 0.900. The van der Waals surface area contributed by atoms with Gasteiger partial charge in [0.25, 0.3) is 0 Å². The van der Waals surface area contributed by atoms with E-state index < -0.39 is 0 Å². The van der Waals surface area contributed by atoms with Crippen LogP contribution in [0.2, 0.25) is 0 Å². The molecule has 0 saturated heterocycles. The van der Waals surface area contributed by atoms with Gasteiger partial charge in [0.05, 0.1) is 12.0 Å². The van der Waals surface area contributed by atoms with Gasteiger partial charge in [-0.15, -0.1) is 0 Å². The molecule has 0 radical (unpaired) electrons. The van der Waals surface area contributed by atoms with Crippen molar-refractivity contribution in [2.24, 2.45) is 5.92 Å². The summed E-state index contributed by atoms with van der Waals surface area (Å²) in [6.45, 7) is 4.28. The summed E-state index contributed by atoms with van der Waals surface area (Å²) in [5.74, 6) is 0.251. The molecule has 12 heavy (non-hydrogen) atoms. The summed E-state index contributed by atoms with van der Waals surface area (Å²) in [6.07, 6.45) is 4.77. The van der Waals surface area contributed by atoms with Gasteiger partial charge in [0.15, 0.2) is 0 Å². The molecule has 1 aliphatic carbocycles. The van der Waals surface area contributed by atoms with Crippen molar-refractivity contribution in [2.75, 3.05) is 0 Å². The molecule has 0 amide bonds. The molecule has 1 N–H and O–H groups in total. The maximum Gasteiger partial charge on any atom is 0.0672 e. The van der Waals surface area contributed by atoms with Crippen LogP contribution in [-0.4, -0.2) is 12.1 Å². The van der Waals surface area contributed by atoms with Crippen LogP contribution in [0.3, 0.4) is 0 Å². The summed E-state index contributed by atoms with van der Waals surface area (Å²) >= 11 is 0. The van der Waals surface area contributed by atoms with E-state index >= 15 is 0 Å². The van der Waals surface area contributed by atoms with Crippen LogP contribution in [0, 0.1) is 17.2 Å². The molecular formula is C10H18N2. The Kier molecular flexibility index (Phi) is 3.55. The van der Waals surface area contributed by atoms with Crippen molar-refractivity contribution in [3.05, 3.63) is 0 Å². The van der Waals surface area contributed by atoms with E-state index in [-0.39, 0.29) is 5.92 Å². The first kappa shape index (κ1) is 9.54. The molecular weight excluding hydrogens is 148 g/mol. The Morgan fingerprint density at radius 2 is 2.00 bits per heavy atom. The lowest BCUT2D eigenvalue weighted by Crippen LogP contribution is -2.41. The van der Waals surface area contributed by atoms with Crippen molar-refractivity contribution in [1.29, 1.82) is 5.26 Å². The van der Waals surface area contributed by atoms with Crippen molar-refractivity contribution < 1.29 is 0 Å². The summed E-state index contributed by atoms with van der Waals surface area (Å²) in [4.78, 5) is 0. The highest BCUT2D eigenvalue weighted by Gasteiger charge is 2.24. The predicted molar refractivity (Wildman–Crippen MR) is 49.6 cm³/mol. The number of nitrogens with zero attached hydrogens (tertiary/aromatic N) is 1. The van der Waals surface area contributed by atoms with Crippen LogP contribution < -0.4 is 5.32 Å². The number of hydrogen-bond donors (Lipinski definition) is 1. The monoisotopic (exact) mass is 166 g/mol. The van der Waals surface area contributed by atoms with Gasteiger partial charge in [0.1, 0.15) is 0 Å². The van der Waals surface area contributed by atoms with E-state index in [1.807, 2.05) is 0 Å². The fourth-order valence-corrected chi connectivity index (χ4v) is 1.91. The average molecular weight is 166 g/mol. The van der Waals surface area contributed by atoms with Gasteiger partial charge in [-0.3, -0.25) is 0 Å². The Bertz CT molecular complexity index is 169. The lowest BCUT2D eigenvalue weighted by Gasteiger charge is -2.29. The zero-order valence-corrected chi connectivity index (χ0v) is 8.01. The summed E-state index contributed by atoms with van der Waals surface area (Å²) in [6, 6.07) is 3.35. The average Bonchev–Trinajstić information content (AvgIpc) is 2.04. The predicted octanol–water partition coefficient (Wildman–Crippen LogP) is 2.07. The molecule has 1 fully saturated rings. The molecule has 68 valence electrons. The maximum absolute atomic E-state index is 8.88. The molecule has 0 aliphatic heterocycles. The minimum Gasteiger partial charge on any atom is -0.310 e. The second-order valence-electron chi connectivity index (χ2n) is 3.95. The summed E-state index contributed by atoms with van der Waals surface area (Å²) in [5, 5.41) is 12.3. The Morgan fingerprint density at radius 1 is 1.33 bits per heavy atom. The Morgan fingerprint density at radius 3 is 2.58 bits per heavy atom. The zero-order chi connectivity index (χ0) is 8.97. The normalized spacial score (nSPS) is 30.2. The van der Waals surface area contributed by atoms with E-state index in [2.05, 4.69) is 25.2 Å². The smallest absolute Gasteiger partial charge is 0.0672 e. The van der Waals surface area contributed by atoms with Crippen LogP contribution in [0.15, 0.2) is 0 Å². The molecule has 1 rings (SSSR count). The minimum atomic E-state index is 0.251. The van der Waals surface area contributed by atoms with Gasteiger partial charge in [-0.05, 0) is 12.8 Å². The van der Waals surface area contributed by atoms with Gasteiger partial charge in [-0.1, -0.05) is 26.7 Å². The molecule has 0 aromatic heterocycles. The summed E-state index contributed by atoms with van der Waals surface area (Å²) in [7, 11) is 0. The van der Waals surface area contributed by atoms with Gasteiger partial charge < -0.3 is 5.32 Å². The molecule has 0 aromatic carbocycles. The van der Waals surface area contributed by atoms with Gasteiger partial charge >= 0.3 is 0 Å². The first-order valence-corrected chi connectivity index (χ1v) is 4.89. The third-order valence-electron chi connectivity index (χ3n) is 2.48. The summed E-state index contributed by atoms with van der Waals surface area (Å²) < 4.78 is 0. The van der Waals surface area contributed by atoms with Crippen LogP contribution in [0.1, 0.15) is 39.5 Å². The van der Waals surface area contributed by atoms with E-state index in [0.29, 0.717) is 12.1 Å². The highest BCUT2D eigenvalue weighted by molar-refractivity contribution is 4.94. The van der Waals surface area contributed by atoms with Gasteiger partial charge in [-0.25, -0.2) is 0 Å². The second kappa shape index (κ2) is 4.47. The molecule has 0 spiro atoms. The number of nitrogens with one attached hydrogen (secondary N) is 1. The maximum atomic E-state index is 8.88. The second-order valence-corrected chi connectivity index (χ2v) is 3.95. The third-order valence-corrected chi connectivity index (χ3v) is 2.48. The van der Waals surface area contributed by atoms with E-state index in [1.165, 1.54) is 19.3 Å². The molecule has 2 unspecified atom stereocenters. The molecule has 1 saturated carbocycles. The Labute approximate surface area is 75.0 Å². The topological polar surface area (TPSA) is 35.8 Å². The number of rotatable bonds is 2. The fourth-order valence-electron chi connectivity index (χ4n) is 1.91. The standard InChI is InChI=1S/C10H18N2/c1-8(2)12-10-6-4-3-5-9(10)7-11/h8-10,12H,3-6H2,1-2H3. The minimum absolute atomic E-state index is 0.251. The number of hydrogen-bond acceptors (Lipinski definition) is 2. The highest BCUT2D eigenvalue weighted by Crippen LogP contribution is 2.23. The van der Waals surface area contributed by atoms with Gasteiger partial charge in [0, 0.05) is 12.1 Å².